The van der Waals surface area contributed by atoms with Gasteiger partial charge >= 0.3 is 0 Å². The lowest BCUT2D eigenvalue weighted by molar-refractivity contribution is -0.121. The number of nitrogens with one attached hydrogen (secondary N) is 2. The molecule has 0 aromatic rings. The Morgan fingerprint density at radius 3 is 2.55 bits per heavy atom. The van der Waals surface area contributed by atoms with E-state index in [1.807, 2.05) is 0 Å². The summed E-state index contributed by atoms with van der Waals surface area (Å²) in [6.45, 7) is 5.66. The van der Waals surface area contributed by atoms with Crippen LogP contribution in [0, 0.1) is 11.8 Å². The standard InChI is InChI=1S/C16H30N2O2/c1-13(15-6-10-20-11-7-15)17-8-9-18-16(19)12-14-4-2-3-5-14/h13-15,17H,2-12H2,1H3,(H,18,19)/t13-/m1/s1. The van der Waals surface area contributed by atoms with Gasteiger partial charge in [0.25, 0.3) is 0 Å². The van der Waals surface area contributed by atoms with Crippen molar-refractivity contribution in [2.75, 3.05) is 26.3 Å². The number of carbonyl (C=O) groups is 1. The third kappa shape index (κ3) is 5.41. The number of amides is 1. The molecule has 1 heterocycles. The van der Waals surface area contributed by atoms with Crippen molar-refractivity contribution in [3.8, 4) is 0 Å². The van der Waals surface area contributed by atoms with Gasteiger partial charge in [-0.05, 0) is 44.4 Å². The molecule has 0 bridgehead atoms. The van der Waals surface area contributed by atoms with Crippen LogP contribution in [0.5, 0.6) is 0 Å². The Balaban J connectivity index is 1.50. The van der Waals surface area contributed by atoms with Crippen LogP contribution in [0.3, 0.4) is 0 Å². The van der Waals surface area contributed by atoms with E-state index in [2.05, 4.69) is 17.6 Å². The van der Waals surface area contributed by atoms with E-state index in [9.17, 15) is 4.79 Å². The van der Waals surface area contributed by atoms with Gasteiger partial charge in [0.15, 0.2) is 0 Å². The number of hydrogen-bond donors (Lipinski definition) is 2. The molecule has 1 saturated carbocycles. The van der Waals surface area contributed by atoms with Crippen molar-refractivity contribution in [1.29, 1.82) is 0 Å². The number of carbonyl (C=O) groups excluding carboxylic acids is 1. The van der Waals surface area contributed by atoms with E-state index in [0.717, 1.165) is 51.5 Å². The van der Waals surface area contributed by atoms with Crippen molar-refractivity contribution in [2.24, 2.45) is 11.8 Å². The van der Waals surface area contributed by atoms with Crippen molar-refractivity contribution in [3.63, 3.8) is 0 Å². The fraction of sp³-hybridized carbons (Fsp3) is 0.938. The van der Waals surface area contributed by atoms with Gasteiger partial charge in [-0.15, -0.1) is 0 Å². The van der Waals surface area contributed by atoms with Gasteiger partial charge < -0.3 is 15.4 Å². The average Bonchev–Trinajstić information content (AvgIpc) is 2.97. The minimum absolute atomic E-state index is 0.234. The summed E-state index contributed by atoms with van der Waals surface area (Å²) in [6, 6.07) is 0.519. The number of ether oxygens (including phenoxy) is 1. The molecule has 0 spiro atoms. The molecular weight excluding hydrogens is 252 g/mol. The molecule has 1 atom stereocenters. The van der Waals surface area contributed by atoms with Crippen LogP contribution in [0.2, 0.25) is 0 Å². The predicted octanol–water partition coefficient (Wildman–Crippen LogP) is 2.09. The zero-order chi connectivity index (χ0) is 14.2. The van der Waals surface area contributed by atoms with E-state index in [1.165, 1.54) is 25.7 Å². The highest BCUT2D eigenvalue weighted by Gasteiger charge is 2.20. The summed E-state index contributed by atoms with van der Waals surface area (Å²) in [6.07, 6.45) is 8.14. The van der Waals surface area contributed by atoms with Gasteiger partial charge in [0.2, 0.25) is 5.91 Å². The van der Waals surface area contributed by atoms with Crippen molar-refractivity contribution in [1.82, 2.24) is 10.6 Å². The van der Waals surface area contributed by atoms with E-state index in [0.29, 0.717) is 12.0 Å². The molecule has 4 nitrogen and oxygen atoms in total. The van der Waals surface area contributed by atoms with Gasteiger partial charge in [-0.2, -0.15) is 0 Å². The predicted molar refractivity (Wildman–Crippen MR) is 80.6 cm³/mol. The maximum atomic E-state index is 11.8. The van der Waals surface area contributed by atoms with Crippen LogP contribution in [0.1, 0.15) is 51.9 Å². The average molecular weight is 282 g/mol. The first-order valence-corrected chi connectivity index (χ1v) is 8.33. The van der Waals surface area contributed by atoms with Gasteiger partial charge in [0.05, 0.1) is 0 Å². The first kappa shape index (κ1) is 15.8. The summed E-state index contributed by atoms with van der Waals surface area (Å²) in [5.74, 6) is 1.60. The minimum atomic E-state index is 0.234. The molecule has 20 heavy (non-hydrogen) atoms. The van der Waals surface area contributed by atoms with Crippen LogP contribution < -0.4 is 10.6 Å². The lowest BCUT2D eigenvalue weighted by atomic mass is 9.93. The van der Waals surface area contributed by atoms with Gasteiger partial charge in [-0.25, -0.2) is 0 Å². The summed E-state index contributed by atoms with van der Waals surface area (Å²) >= 11 is 0. The second kappa shape index (κ2) is 8.63. The highest BCUT2D eigenvalue weighted by Crippen LogP contribution is 2.27. The maximum absolute atomic E-state index is 11.8. The van der Waals surface area contributed by atoms with Crippen LogP contribution in [0.15, 0.2) is 0 Å². The van der Waals surface area contributed by atoms with E-state index in [1.54, 1.807) is 0 Å². The summed E-state index contributed by atoms with van der Waals surface area (Å²) < 4.78 is 5.39. The van der Waals surface area contributed by atoms with Gasteiger partial charge in [0, 0.05) is 38.8 Å². The van der Waals surface area contributed by atoms with Crippen molar-refractivity contribution in [3.05, 3.63) is 0 Å². The molecule has 4 heteroatoms. The molecule has 0 radical (unpaired) electrons. The second-order valence-electron chi connectivity index (χ2n) is 6.40. The molecule has 2 fully saturated rings. The fourth-order valence-corrected chi connectivity index (χ4v) is 3.43. The van der Waals surface area contributed by atoms with Gasteiger partial charge in [-0.3, -0.25) is 4.79 Å². The molecule has 2 N–H and O–H groups in total. The smallest absolute Gasteiger partial charge is 0.220 e. The summed E-state index contributed by atoms with van der Waals surface area (Å²) in [7, 11) is 0. The fourth-order valence-electron chi connectivity index (χ4n) is 3.43. The highest BCUT2D eigenvalue weighted by molar-refractivity contribution is 5.76. The van der Waals surface area contributed by atoms with E-state index in [4.69, 9.17) is 4.74 Å². The molecule has 0 aromatic heterocycles. The van der Waals surface area contributed by atoms with Gasteiger partial charge in [0.1, 0.15) is 0 Å². The van der Waals surface area contributed by atoms with Crippen LogP contribution in [0.25, 0.3) is 0 Å². The molecule has 2 aliphatic rings. The zero-order valence-electron chi connectivity index (χ0n) is 12.8. The van der Waals surface area contributed by atoms with Crippen molar-refractivity contribution >= 4 is 5.91 Å². The van der Waals surface area contributed by atoms with Crippen LogP contribution >= 0.6 is 0 Å². The monoisotopic (exact) mass is 282 g/mol. The zero-order valence-corrected chi connectivity index (χ0v) is 12.8. The molecule has 116 valence electrons. The Bertz CT molecular complexity index is 284. The largest absolute Gasteiger partial charge is 0.381 e. The Labute approximate surface area is 123 Å². The second-order valence-corrected chi connectivity index (χ2v) is 6.40. The Kier molecular flexibility index (Phi) is 6.80. The Morgan fingerprint density at radius 2 is 1.85 bits per heavy atom. The SMILES string of the molecule is C[C@@H](NCCNC(=O)CC1CCCC1)C1CCOCC1. The molecule has 1 aliphatic carbocycles. The lowest BCUT2D eigenvalue weighted by Gasteiger charge is -2.28. The Morgan fingerprint density at radius 1 is 1.15 bits per heavy atom. The number of rotatable bonds is 7. The molecule has 1 amide bonds. The van der Waals surface area contributed by atoms with Crippen LogP contribution in [-0.2, 0) is 9.53 Å². The summed E-state index contributed by atoms with van der Waals surface area (Å²) in [5.41, 5.74) is 0. The van der Waals surface area contributed by atoms with Gasteiger partial charge in [-0.1, -0.05) is 12.8 Å². The first-order valence-electron chi connectivity index (χ1n) is 8.33. The first-order chi connectivity index (χ1) is 9.75. The van der Waals surface area contributed by atoms with E-state index < -0.39 is 0 Å². The maximum Gasteiger partial charge on any atom is 0.220 e. The van der Waals surface area contributed by atoms with E-state index >= 15 is 0 Å². The van der Waals surface area contributed by atoms with Crippen molar-refractivity contribution < 1.29 is 9.53 Å². The molecular formula is C16H30N2O2. The number of hydrogen-bond acceptors (Lipinski definition) is 3. The molecule has 2 rings (SSSR count). The van der Waals surface area contributed by atoms with E-state index in [-0.39, 0.29) is 5.91 Å². The molecule has 0 unspecified atom stereocenters. The van der Waals surface area contributed by atoms with Crippen LogP contribution in [-0.4, -0.2) is 38.3 Å². The van der Waals surface area contributed by atoms with Crippen molar-refractivity contribution in [2.45, 2.75) is 57.9 Å². The molecule has 1 saturated heterocycles. The third-order valence-corrected chi connectivity index (χ3v) is 4.84. The molecule has 1 aliphatic heterocycles. The topological polar surface area (TPSA) is 50.4 Å². The molecule has 0 aromatic carbocycles. The lowest BCUT2D eigenvalue weighted by Crippen LogP contribution is -2.41. The highest BCUT2D eigenvalue weighted by atomic mass is 16.5. The summed E-state index contributed by atoms with van der Waals surface area (Å²) in [4.78, 5) is 11.8. The summed E-state index contributed by atoms with van der Waals surface area (Å²) in [5, 5.41) is 6.57. The quantitative estimate of drug-likeness (QED) is 0.703. The minimum Gasteiger partial charge on any atom is -0.381 e. The van der Waals surface area contributed by atoms with Crippen LogP contribution in [0.4, 0.5) is 0 Å². The third-order valence-electron chi connectivity index (χ3n) is 4.84. The Hall–Kier alpha value is -0.610. The normalized spacial score (nSPS) is 22.9.